The molecule has 0 unspecified atom stereocenters. The van der Waals surface area contributed by atoms with Gasteiger partial charge in [0.25, 0.3) is 0 Å². The van der Waals surface area contributed by atoms with Gasteiger partial charge in [-0.1, -0.05) is 0 Å². The van der Waals surface area contributed by atoms with E-state index in [0.29, 0.717) is 6.54 Å². The van der Waals surface area contributed by atoms with Gasteiger partial charge in [0, 0.05) is 52.8 Å². The minimum atomic E-state index is 0.482. The molecule has 0 spiro atoms. The summed E-state index contributed by atoms with van der Waals surface area (Å²) in [5.74, 6) is 2.50. The molecule has 0 fully saturated rings. The van der Waals surface area contributed by atoms with Crippen LogP contribution in [0.3, 0.4) is 0 Å². The number of nitrogens with zero attached hydrogens (tertiary/aromatic N) is 6. The van der Waals surface area contributed by atoms with Gasteiger partial charge in [-0.25, -0.2) is 4.99 Å². The van der Waals surface area contributed by atoms with Crippen LogP contribution in [0.25, 0.3) is 0 Å². The van der Waals surface area contributed by atoms with Crippen LogP contribution >= 0.6 is 0 Å². The predicted octanol–water partition coefficient (Wildman–Crippen LogP) is 0.482. The van der Waals surface area contributed by atoms with Crippen molar-refractivity contribution in [2.75, 3.05) is 26.8 Å². The Morgan fingerprint density at radius 3 is 2.68 bits per heavy atom. The quantitative estimate of drug-likeness (QED) is 0.368. The van der Waals surface area contributed by atoms with E-state index in [2.05, 4.69) is 30.9 Å². The monoisotopic (exact) mass is 348 g/mol. The largest absolute Gasteiger partial charge is 0.385 e. The third-order valence-corrected chi connectivity index (χ3v) is 3.79. The molecule has 0 aromatic carbocycles. The van der Waals surface area contributed by atoms with Crippen molar-refractivity contribution in [2.24, 2.45) is 12.0 Å². The van der Waals surface area contributed by atoms with Gasteiger partial charge in [0.2, 0.25) is 0 Å². The van der Waals surface area contributed by atoms with Crippen LogP contribution < -0.4 is 10.6 Å². The number of aromatic nitrogens is 5. The van der Waals surface area contributed by atoms with Crippen LogP contribution in [0.1, 0.15) is 24.5 Å². The molecule has 0 aliphatic heterocycles. The lowest BCUT2D eigenvalue weighted by molar-refractivity contribution is 0.195. The molecule has 2 aromatic rings. The maximum Gasteiger partial charge on any atom is 0.191 e. The number of hydrogen-bond donors (Lipinski definition) is 2. The summed E-state index contributed by atoms with van der Waals surface area (Å²) >= 11 is 0. The number of guanidine groups is 1. The zero-order valence-electron chi connectivity index (χ0n) is 15.3. The fraction of sp³-hybridized carbons (Fsp3) is 0.625. The van der Waals surface area contributed by atoms with E-state index in [1.165, 1.54) is 0 Å². The number of hydrogen-bond acceptors (Lipinski definition) is 5. The second kappa shape index (κ2) is 10.4. The van der Waals surface area contributed by atoms with E-state index in [0.717, 1.165) is 56.7 Å². The Bertz CT molecular complexity index is 635. The minimum Gasteiger partial charge on any atom is -0.385 e. The summed E-state index contributed by atoms with van der Waals surface area (Å²) in [6.45, 7) is 5.62. The van der Waals surface area contributed by atoms with Gasteiger partial charge in [-0.05, 0) is 25.8 Å². The lowest BCUT2D eigenvalue weighted by Crippen LogP contribution is -2.39. The average Bonchev–Trinajstić information content (AvgIpc) is 3.24. The molecule has 25 heavy (non-hydrogen) atoms. The molecule has 2 N–H and O–H groups in total. The van der Waals surface area contributed by atoms with Gasteiger partial charge in [0.15, 0.2) is 11.8 Å². The van der Waals surface area contributed by atoms with Crippen molar-refractivity contribution >= 4 is 5.96 Å². The normalized spacial score (nSPS) is 11.7. The first-order valence-corrected chi connectivity index (χ1v) is 8.54. The molecule has 9 nitrogen and oxygen atoms in total. The molecule has 0 saturated heterocycles. The Morgan fingerprint density at radius 1 is 1.24 bits per heavy atom. The molecule has 2 heterocycles. The van der Waals surface area contributed by atoms with Gasteiger partial charge in [0.1, 0.15) is 12.4 Å². The van der Waals surface area contributed by atoms with Crippen LogP contribution in [-0.2, 0) is 24.9 Å². The molecule has 0 radical (unpaired) electrons. The van der Waals surface area contributed by atoms with Gasteiger partial charge in [-0.15, -0.1) is 10.2 Å². The van der Waals surface area contributed by atoms with Gasteiger partial charge in [-0.2, -0.15) is 5.10 Å². The number of aryl methyl sites for hydroxylation is 2. The van der Waals surface area contributed by atoms with Crippen LogP contribution in [-0.4, -0.2) is 57.3 Å². The Kier molecular flexibility index (Phi) is 7.90. The molecule has 0 aliphatic rings. The smallest absolute Gasteiger partial charge is 0.191 e. The van der Waals surface area contributed by atoms with Crippen molar-refractivity contribution in [1.82, 2.24) is 35.2 Å². The van der Waals surface area contributed by atoms with Crippen molar-refractivity contribution in [3.05, 3.63) is 30.1 Å². The highest BCUT2D eigenvalue weighted by atomic mass is 16.5. The number of rotatable bonds is 10. The minimum absolute atomic E-state index is 0.482. The number of methoxy groups -OCH3 is 1. The van der Waals surface area contributed by atoms with Gasteiger partial charge in [0.05, 0.1) is 0 Å². The lowest BCUT2D eigenvalue weighted by Gasteiger charge is -2.12. The highest BCUT2D eigenvalue weighted by Crippen LogP contribution is 1.99. The second-order valence-electron chi connectivity index (χ2n) is 5.71. The van der Waals surface area contributed by atoms with Gasteiger partial charge in [-0.3, -0.25) is 4.68 Å². The van der Waals surface area contributed by atoms with E-state index >= 15 is 0 Å². The summed E-state index contributed by atoms with van der Waals surface area (Å²) in [5.41, 5.74) is 0. The number of aliphatic imine (C=N–C) groups is 1. The molecule has 138 valence electrons. The van der Waals surface area contributed by atoms with Crippen LogP contribution in [0.15, 0.2) is 23.5 Å². The number of nitrogens with one attached hydrogen (secondary N) is 2. The van der Waals surface area contributed by atoms with Crippen molar-refractivity contribution < 1.29 is 4.74 Å². The van der Waals surface area contributed by atoms with Crippen molar-refractivity contribution in [1.29, 1.82) is 0 Å². The highest BCUT2D eigenvalue weighted by molar-refractivity contribution is 5.79. The molecule has 0 amide bonds. The topological polar surface area (TPSA) is 94.2 Å². The van der Waals surface area contributed by atoms with E-state index in [1.807, 2.05) is 35.5 Å². The molecule has 0 bridgehead atoms. The summed E-state index contributed by atoms with van der Waals surface area (Å²) in [5, 5.41) is 19.1. The molecule has 0 saturated carbocycles. The Labute approximate surface area is 148 Å². The van der Waals surface area contributed by atoms with Crippen molar-refractivity contribution in [3.8, 4) is 0 Å². The Balaban J connectivity index is 1.82. The molecule has 9 heteroatoms. The first kappa shape index (κ1) is 18.9. The Hall–Kier alpha value is -2.42. The lowest BCUT2D eigenvalue weighted by atomic mass is 10.4. The van der Waals surface area contributed by atoms with E-state index in [9.17, 15) is 0 Å². The Morgan fingerprint density at radius 2 is 2.04 bits per heavy atom. The van der Waals surface area contributed by atoms with Crippen LogP contribution in [0, 0.1) is 6.92 Å². The SMILES string of the molecule is COCCCNC(=NCc1nnc(C)n1C)NCCCn1cccn1. The van der Waals surface area contributed by atoms with Crippen LogP contribution in [0.4, 0.5) is 0 Å². The van der Waals surface area contributed by atoms with E-state index in [1.54, 1.807) is 13.3 Å². The molecular weight excluding hydrogens is 320 g/mol. The fourth-order valence-electron chi connectivity index (χ4n) is 2.22. The van der Waals surface area contributed by atoms with Crippen molar-refractivity contribution in [2.45, 2.75) is 32.9 Å². The molecule has 2 rings (SSSR count). The van der Waals surface area contributed by atoms with Crippen molar-refractivity contribution in [3.63, 3.8) is 0 Å². The molecule has 2 aromatic heterocycles. The molecule has 0 aliphatic carbocycles. The van der Waals surface area contributed by atoms with E-state index in [4.69, 9.17) is 4.74 Å². The summed E-state index contributed by atoms with van der Waals surface area (Å²) in [6, 6.07) is 1.93. The molecular formula is C16H28N8O. The van der Waals surface area contributed by atoms with Crippen LogP contribution in [0.2, 0.25) is 0 Å². The summed E-state index contributed by atoms with van der Waals surface area (Å²) in [4.78, 5) is 4.61. The van der Waals surface area contributed by atoms with E-state index in [-0.39, 0.29) is 0 Å². The first-order chi connectivity index (χ1) is 12.2. The zero-order chi connectivity index (χ0) is 17.9. The van der Waals surface area contributed by atoms with Gasteiger partial charge < -0.3 is 19.9 Å². The van der Waals surface area contributed by atoms with Gasteiger partial charge >= 0.3 is 0 Å². The summed E-state index contributed by atoms with van der Waals surface area (Å²) in [6.07, 6.45) is 5.64. The number of ether oxygens (including phenoxy) is 1. The predicted molar refractivity (Wildman–Crippen MR) is 96.2 cm³/mol. The second-order valence-corrected chi connectivity index (χ2v) is 5.71. The maximum absolute atomic E-state index is 5.08. The maximum atomic E-state index is 5.08. The van der Waals surface area contributed by atoms with E-state index < -0.39 is 0 Å². The summed E-state index contributed by atoms with van der Waals surface area (Å²) < 4.78 is 8.95. The highest BCUT2D eigenvalue weighted by Gasteiger charge is 2.05. The first-order valence-electron chi connectivity index (χ1n) is 8.54. The third kappa shape index (κ3) is 6.54. The summed E-state index contributed by atoms with van der Waals surface area (Å²) in [7, 11) is 3.66. The standard InChI is InChI=1S/C16H28N8O/c1-14-21-22-15(23(14)2)13-19-16(18-8-6-12-25-3)17-7-4-10-24-11-5-9-20-24/h5,9,11H,4,6-8,10,12-13H2,1-3H3,(H2,17,18,19). The van der Waals surface area contributed by atoms with Crippen LogP contribution in [0.5, 0.6) is 0 Å². The third-order valence-electron chi connectivity index (χ3n) is 3.79. The zero-order valence-corrected chi connectivity index (χ0v) is 15.3. The fourth-order valence-corrected chi connectivity index (χ4v) is 2.22. The average molecular weight is 348 g/mol. The molecule has 0 atom stereocenters.